The fraction of sp³-hybridized carbons (Fsp3) is 0.214. The van der Waals surface area contributed by atoms with Crippen molar-refractivity contribution in [1.82, 2.24) is 15.0 Å². The highest BCUT2D eigenvalue weighted by atomic mass is 32.1. The van der Waals surface area contributed by atoms with Gasteiger partial charge in [-0.2, -0.15) is 0 Å². The molecule has 6 nitrogen and oxygen atoms in total. The third kappa shape index (κ3) is 3.03. The zero-order valence-corrected chi connectivity index (χ0v) is 12.2. The second kappa shape index (κ2) is 5.92. The van der Waals surface area contributed by atoms with Crippen molar-refractivity contribution in [1.29, 1.82) is 0 Å². The summed E-state index contributed by atoms with van der Waals surface area (Å²) < 4.78 is 6.56. The van der Waals surface area contributed by atoms with Gasteiger partial charge >= 0.3 is 5.97 Å². The minimum atomic E-state index is -0.212. The van der Waals surface area contributed by atoms with Gasteiger partial charge in [0.1, 0.15) is 28.1 Å². The number of rotatable bonds is 4. The lowest BCUT2D eigenvalue weighted by Crippen LogP contribution is -2.33. The summed E-state index contributed by atoms with van der Waals surface area (Å²) in [5.41, 5.74) is 1.83. The molecule has 0 spiro atoms. The third-order valence-corrected chi connectivity index (χ3v) is 4.04. The van der Waals surface area contributed by atoms with Crippen molar-refractivity contribution in [2.75, 3.05) is 7.11 Å². The molecule has 0 N–H and O–H groups in total. The lowest BCUT2D eigenvalue weighted by atomic mass is 10.3. The van der Waals surface area contributed by atoms with E-state index < -0.39 is 0 Å². The second-order valence-corrected chi connectivity index (χ2v) is 5.36. The SMILES string of the molecule is COC(=O)CC[n+]1ccc(-c2nc3cncnc3s2)cc1. The summed E-state index contributed by atoms with van der Waals surface area (Å²) in [5, 5.41) is 0.908. The van der Waals surface area contributed by atoms with E-state index in [0.717, 1.165) is 20.9 Å². The highest BCUT2D eigenvalue weighted by Gasteiger charge is 2.10. The first kappa shape index (κ1) is 13.6. The van der Waals surface area contributed by atoms with E-state index >= 15 is 0 Å². The van der Waals surface area contributed by atoms with Crippen molar-refractivity contribution >= 4 is 27.7 Å². The molecule has 0 fully saturated rings. The number of esters is 1. The molecule has 0 saturated heterocycles. The van der Waals surface area contributed by atoms with E-state index in [0.29, 0.717) is 13.0 Å². The number of aryl methyl sites for hydroxylation is 1. The molecule has 0 aliphatic rings. The van der Waals surface area contributed by atoms with Crippen LogP contribution in [0.15, 0.2) is 37.1 Å². The van der Waals surface area contributed by atoms with Gasteiger partial charge in [0.25, 0.3) is 0 Å². The van der Waals surface area contributed by atoms with Crippen molar-refractivity contribution < 1.29 is 14.1 Å². The summed E-state index contributed by atoms with van der Waals surface area (Å²) in [5.74, 6) is -0.212. The van der Waals surface area contributed by atoms with Gasteiger partial charge in [-0.3, -0.25) is 4.79 Å². The first-order valence-electron chi connectivity index (χ1n) is 6.39. The Morgan fingerprint density at radius 1 is 1.38 bits per heavy atom. The van der Waals surface area contributed by atoms with Crippen molar-refractivity contribution in [2.24, 2.45) is 0 Å². The monoisotopic (exact) mass is 301 g/mol. The Morgan fingerprint density at radius 2 is 2.19 bits per heavy atom. The van der Waals surface area contributed by atoms with Gasteiger partial charge in [-0.05, 0) is 0 Å². The maximum absolute atomic E-state index is 11.1. The molecule has 0 aliphatic heterocycles. The van der Waals surface area contributed by atoms with E-state index in [9.17, 15) is 4.79 Å². The Labute approximate surface area is 125 Å². The third-order valence-electron chi connectivity index (χ3n) is 3.01. The largest absolute Gasteiger partial charge is 0.469 e. The number of ether oxygens (including phenoxy) is 1. The molecular formula is C14H13N4O2S+. The number of hydrogen-bond acceptors (Lipinski definition) is 6. The van der Waals surface area contributed by atoms with Crippen LogP contribution in [0.1, 0.15) is 6.42 Å². The summed E-state index contributed by atoms with van der Waals surface area (Å²) in [6.45, 7) is 0.596. The van der Waals surface area contributed by atoms with E-state index in [1.165, 1.54) is 24.8 Å². The molecule has 0 saturated carbocycles. The van der Waals surface area contributed by atoms with Gasteiger partial charge in [0.15, 0.2) is 18.9 Å². The molecule has 21 heavy (non-hydrogen) atoms. The van der Waals surface area contributed by atoms with Crippen molar-refractivity contribution in [2.45, 2.75) is 13.0 Å². The molecule has 0 amide bonds. The van der Waals surface area contributed by atoms with Crippen LogP contribution in [-0.4, -0.2) is 28.0 Å². The van der Waals surface area contributed by atoms with Crippen molar-refractivity contribution in [3.8, 4) is 10.6 Å². The second-order valence-electron chi connectivity index (χ2n) is 4.38. The van der Waals surface area contributed by atoms with Crippen LogP contribution in [0.3, 0.4) is 0 Å². The molecule has 3 rings (SSSR count). The van der Waals surface area contributed by atoms with Gasteiger partial charge in [0.2, 0.25) is 0 Å². The number of pyridine rings is 1. The number of nitrogens with zero attached hydrogens (tertiary/aromatic N) is 4. The smallest absolute Gasteiger partial charge is 0.311 e. The van der Waals surface area contributed by atoms with Crippen LogP contribution in [-0.2, 0) is 16.1 Å². The average molecular weight is 301 g/mol. The Morgan fingerprint density at radius 3 is 2.90 bits per heavy atom. The van der Waals surface area contributed by atoms with Gasteiger partial charge in [-0.15, -0.1) is 0 Å². The predicted octanol–water partition coefficient (Wildman–Crippen LogP) is 1.60. The first-order chi connectivity index (χ1) is 10.3. The van der Waals surface area contributed by atoms with E-state index in [1.807, 2.05) is 29.1 Å². The Bertz CT molecular complexity index is 737. The van der Waals surface area contributed by atoms with Crippen molar-refractivity contribution in [3.05, 3.63) is 37.1 Å². The summed E-state index contributed by atoms with van der Waals surface area (Å²) >= 11 is 1.53. The summed E-state index contributed by atoms with van der Waals surface area (Å²) in [6, 6.07) is 3.95. The predicted molar refractivity (Wildman–Crippen MR) is 77.5 cm³/mol. The fourth-order valence-corrected chi connectivity index (χ4v) is 2.77. The summed E-state index contributed by atoms with van der Waals surface area (Å²) in [4.78, 5) is 24.7. The Hall–Kier alpha value is -2.41. The van der Waals surface area contributed by atoms with Gasteiger partial charge in [-0.25, -0.2) is 19.5 Å². The number of carbonyl (C=O) groups is 1. The normalized spacial score (nSPS) is 10.7. The van der Waals surface area contributed by atoms with Gasteiger partial charge < -0.3 is 4.74 Å². The highest BCUT2D eigenvalue weighted by molar-refractivity contribution is 7.21. The molecule has 106 valence electrons. The zero-order chi connectivity index (χ0) is 14.7. The summed E-state index contributed by atoms with van der Waals surface area (Å²) in [7, 11) is 1.39. The van der Waals surface area contributed by atoms with E-state index in [1.54, 1.807) is 6.20 Å². The van der Waals surface area contributed by atoms with Gasteiger partial charge in [0.05, 0.1) is 13.3 Å². The van der Waals surface area contributed by atoms with Crippen LogP contribution >= 0.6 is 11.3 Å². The van der Waals surface area contributed by atoms with Gasteiger partial charge in [-0.1, -0.05) is 11.3 Å². The molecule has 0 aliphatic carbocycles. The summed E-state index contributed by atoms with van der Waals surface area (Å²) in [6.07, 6.45) is 7.45. The molecule has 0 radical (unpaired) electrons. The lowest BCUT2D eigenvalue weighted by molar-refractivity contribution is -0.695. The standard InChI is InChI=1S/C14H13N4O2S/c1-20-12(19)4-7-18-5-2-10(3-6-18)13-17-11-8-15-9-16-14(11)21-13/h2-3,5-6,8-9H,4,7H2,1H3/q+1. The molecule has 3 aromatic heterocycles. The van der Waals surface area contributed by atoms with Crippen LogP contribution < -0.4 is 4.57 Å². The zero-order valence-electron chi connectivity index (χ0n) is 11.4. The van der Waals surface area contributed by atoms with Crippen molar-refractivity contribution in [3.63, 3.8) is 0 Å². The maximum atomic E-state index is 11.1. The van der Waals surface area contributed by atoms with E-state index in [4.69, 9.17) is 0 Å². The molecular weight excluding hydrogens is 288 g/mol. The van der Waals surface area contributed by atoms with Crippen LogP contribution in [0.25, 0.3) is 20.9 Å². The average Bonchev–Trinajstić information content (AvgIpc) is 2.97. The van der Waals surface area contributed by atoms with Crippen LogP contribution in [0.4, 0.5) is 0 Å². The molecule has 0 atom stereocenters. The number of methoxy groups -OCH3 is 1. The van der Waals surface area contributed by atoms with Gasteiger partial charge in [0, 0.05) is 17.7 Å². The number of fused-ring (bicyclic) bond motifs is 1. The van der Waals surface area contributed by atoms with E-state index in [2.05, 4.69) is 19.7 Å². The van der Waals surface area contributed by atoms with Crippen LogP contribution in [0.5, 0.6) is 0 Å². The number of hydrogen-bond donors (Lipinski definition) is 0. The molecule has 0 unspecified atom stereocenters. The Kier molecular flexibility index (Phi) is 3.83. The maximum Gasteiger partial charge on any atom is 0.311 e. The highest BCUT2D eigenvalue weighted by Crippen LogP contribution is 2.27. The minimum absolute atomic E-state index is 0.212. The number of carbonyl (C=O) groups excluding carboxylic acids is 1. The fourth-order valence-electron chi connectivity index (χ4n) is 1.89. The minimum Gasteiger partial charge on any atom is -0.469 e. The number of aromatic nitrogens is 4. The van der Waals surface area contributed by atoms with E-state index in [-0.39, 0.29) is 5.97 Å². The molecule has 3 heterocycles. The van der Waals surface area contributed by atoms with Crippen LogP contribution in [0.2, 0.25) is 0 Å². The molecule has 7 heteroatoms. The topological polar surface area (TPSA) is 68.8 Å². The first-order valence-corrected chi connectivity index (χ1v) is 7.21. The number of thiazole rings is 1. The Balaban J connectivity index is 1.78. The molecule has 0 bridgehead atoms. The molecule has 3 aromatic rings. The lowest BCUT2D eigenvalue weighted by Gasteiger charge is -1.98. The quantitative estimate of drug-likeness (QED) is 0.541. The van der Waals surface area contributed by atoms with Crippen LogP contribution in [0, 0.1) is 0 Å². The molecule has 0 aromatic carbocycles.